The van der Waals surface area contributed by atoms with Crippen LogP contribution in [0.15, 0.2) is 364 Å². The molecule has 526 valence electrons. The van der Waals surface area contributed by atoms with Crippen LogP contribution in [0.25, 0.3) is 133 Å². The van der Waals surface area contributed by atoms with Gasteiger partial charge in [-0.1, -0.05) is 315 Å². The van der Waals surface area contributed by atoms with Crippen molar-refractivity contribution in [2.45, 2.75) is 52.4 Å². The van der Waals surface area contributed by atoms with Crippen LogP contribution in [0.4, 0.5) is 34.1 Å². The van der Waals surface area contributed by atoms with Crippen molar-refractivity contribution in [3.63, 3.8) is 0 Å². The summed E-state index contributed by atoms with van der Waals surface area (Å²) in [5, 5.41) is 15.9. The predicted molar refractivity (Wildman–Crippen MR) is 469 cm³/mol. The summed E-state index contributed by atoms with van der Waals surface area (Å²) in [5.41, 5.74) is 34.2. The summed E-state index contributed by atoms with van der Waals surface area (Å²) >= 11 is 0. The van der Waals surface area contributed by atoms with Crippen molar-refractivity contribution in [2.75, 3.05) is 9.80 Å². The first-order valence-electron chi connectivity index (χ1n) is 38.6. The smallest absolute Gasteiger partial charge is 0.252 e. The highest BCUT2D eigenvalue weighted by atomic mass is 15.2. The standard InChI is InChI=1S/C105H78BN5/c1-104(2,3)78-51-47-72(48-52-78)88-60-75(68-29-11-7-12-30-68)59-87(70-33-15-9-16-34-70)102(88)110-97-65-80(108-93-43-25-21-39-83(93)84-40-22-26-44-94(84)108)55-57-91(97)106-92-58-56-81(109-95-45-27-23-41-85(95)86-42-24-28-46-96(86)109)66-98(92)111(100-64-76(63-99(110)101(100)106)69-31-13-8-14-32-69)103-89(71-35-17-10-18-36-71)61-77(82-38-20-19-37-74(82)67-107)62-90(103)73-49-53-79(54-50-73)105(4,5)6/h7-66H,1-6H3. The van der Waals surface area contributed by atoms with Crippen molar-refractivity contribution in [3.8, 4) is 95.3 Å². The highest BCUT2D eigenvalue weighted by Gasteiger charge is 2.46. The molecule has 6 heteroatoms. The Morgan fingerprint density at radius 3 is 0.946 bits per heavy atom. The van der Waals surface area contributed by atoms with Crippen LogP contribution in [0.5, 0.6) is 0 Å². The maximum absolute atomic E-state index is 11.1. The van der Waals surface area contributed by atoms with Gasteiger partial charge in [0.15, 0.2) is 0 Å². The summed E-state index contributed by atoms with van der Waals surface area (Å²) in [6.45, 7) is 13.5. The van der Waals surface area contributed by atoms with Crippen LogP contribution >= 0.6 is 0 Å². The van der Waals surface area contributed by atoms with E-state index in [9.17, 15) is 5.26 Å². The number of benzene rings is 16. The molecule has 2 aliphatic heterocycles. The van der Waals surface area contributed by atoms with E-state index >= 15 is 0 Å². The molecular weight excluding hydrogens is 1340 g/mol. The fraction of sp³-hybridized carbons (Fsp3) is 0.0762. The summed E-state index contributed by atoms with van der Waals surface area (Å²) in [6.07, 6.45) is 0. The van der Waals surface area contributed by atoms with Crippen molar-refractivity contribution in [1.29, 1.82) is 5.26 Å². The van der Waals surface area contributed by atoms with Gasteiger partial charge in [0.05, 0.1) is 45.1 Å². The van der Waals surface area contributed by atoms with Gasteiger partial charge in [0.2, 0.25) is 0 Å². The molecule has 0 saturated carbocycles. The van der Waals surface area contributed by atoms with Gasteiger partial charge in [-0.15, -0.1) is 0 Å². The zero-order chi connectivity index (χ0) is 74.8. The molecule has 0 N–H and O–H groups in total. The Balaban J connectivity index is 0.984. The van der Waals surface area contributed by atoms with E-state index in [2.05, 4.69) is 418 Å². The molecule has 5 nitrogen and oxygen atoms in total. The van der Waals surface area contributed by atoms with E-state index in [1.165, 1.54) is 49.1 Å². The number of nitriles is 1. The number of aromatic nitrogens is 2. The van der Waals surface area contributed by atoms with Gasteiger partial charge in [0.25, 0.3) is 6.71 Å². The summed E-state index contributed by atoms with van der Waals surface area (Å²) < 4.78 is 4.96. The second-order valence-corrected chi connectivity index (χ2v) is 31.9. The van der Waals surface area contributed by atoms with E-state index in [0.717, 1.165) is 145 Å². The van der Waals surface area contributed by atoms with Crippen LogP contribution in [0.2, 0.25) is 0 Å². The minimum absolute atomic E-state index is 0.0899. The van der Waals surface area contributed by atoms with Crippen LogP contribution in [-0.2, 0) is 10.8 Å². The van der Waals surface area contributed by atoms with Gasteiger partial charge >= 0.3 is 0 Å². The highest BCUT2D eigenvalue weighted by molar-refractivity contribution is 7.00. The molecule has 0 saturated heterocycles. The molecule has 0 bridgehead atoms. The summed E-state index contributed by atoms with van der Waals surface area (Å²) in [7, 11) is 0. The van der Waals surface area contributed by atoms with Gasteiger partial charge in [-0.05, 0) is 185 Å². The molecule has 0 atom stereocenters. The molecule has 0 spiro atoms. The number of para-hydroxylation sites is 4. The molecule has 18 aromatic rings. The molecule has 4 heterocycles. The second-order valence-electron chi connectivity index (χ2n) is 31.9. The van der Waals surface area contributed by atoms with Crippen LogP contribution in [0.3, 0.4) is 0 Å². The quantitative estimate of drug-likeness (QED) is 0.121. The molecule has 0 fully saturated rings. The van der Waals surface area contributed by atoms with Gasteiger partial charge in [0, 0.05) is 77.9 Å². The average molecular weight is 1420 g/mol. The first kappa shape index (κ1) is 66.7. The lowest BCUT2D eigenvalue weighted by atomic mass is 9.33. The Morgan fingerprint density at radius 2 is 0.577 bits per heavy atom. The van der Waals surface area contributed by atoms with Crippen molar-refractivity contribution >= 4 is 101 Å². The van der Waals surface area contributed by atoms with Gasteiger partial charge in [-0.2, -0.15) is 5.26 Å². The van der Waals surface area contributed by atoms with Gasteiger partial charge in [-0.3, -0.25) is 0 Å². The lowest BCUT2D eigenvalue weighted by Crippen LogP contribution is -2.61. The Kier molecular flexibility index (Phi) is 15.8. The monoisotopic (exact) mass is 1420 g/mol. The fourth-order valence-corrected chi connectivity index (χ4v) is 17.9. The Labute approximate surface area is 649 Å². The maximum atomic E-state index is 11.1. The third kappa shape index (κ3) is 11.1. The van der Waals surface area contributed by atoms with Crippen molar-refractivity contribution in [1.82, 2.24) is 9.13 Å². The van der Waals surface area contributed by atoms with E-state index < -0.39 is 0 Å². The van der Waals surface area contributed by atoms with E-state index in [-0.39, 0.29) is 17.5 Å². The number of anilines is 6. The van der Waals surface area contributed by atoms with Gasteiger partial charge in [-0.25, -0.2) is 0 Å². The van der Waals surface area contributed by atoms with E-state index in [1.807, 2.05) is 12.1 Å². The SMILES string of the molecule is CC(C)(C)c1ccc(-c2cc(-c3ccccc3)cc(-c3ccccc3)c2N2c3cc(-n4c5ccccc5c5ccccc54)ccc3B3c4ccc(-n5c6ccccc6c6ccccc65)cc4N(c4c(-c5ccccc5)cc(-c5ccccc5C#N)cc4-c4ccc(C(C)(C)C)cc4)c4cc(-c5ccccc5)cc2c43)cc1. The number of hydrogen-bond acceptors (Lipinski definition) is 3. The number of hydrogen-bond donors (Lipinski definition) is 0. The topological polar surface area (TPSA) is 40.1 Å². The lowest BCUT2D eigenvalue weighted by molar-refractivity contribution is 0.590. The predicted octanol–water partition coefficient (Wildman–Crippen LogP) is 26.1. The molecular formula is C105H78BN5. The first-order chi connectivity index (χ1) is 54.3. The van der Waals surface area contributed by atoms with E-state index in [1.54, 1.807) is 0 Å². The molecule has 0 aliphatic carbocycles. The van der Waals surface area contributed by atoms with Gasteiger partial charge < -0.3 is 18.9 Å². The summed E-state index contributed by atoms with van der Waals surface area (Å²) in [6, 6.07) is 138. The molecule has 2 aliphatic rings. The van der Waals surface area contributed by atoms with Crippen molar-refractivity contribution in [2.24, 2.45) is 0 Å². The fourth-order valence-electron chi connectivity index (χ4n) is 17.9. The largest absolute Gasteiger partial charge is 0.310 e. The van der Waals surface area contributed by atoms with Crippen LogP contribution in [0, 0.1) is 11.3 Å². The van der Waals surface area contributed by atoms with E-state index in [0.29, 0.717) is 5.56 Å². The molecule has 111 heavy (non-hydrogen) atoms. The zero-order valence-corrected chi connectivity index (χ0v) is 63.0. The Hall–Kier alpha value is -13.7. The molecule has 0 radical (unpaired) electrons. The number of rotatable bonds is 11. The minimum Gasteiger partial charge on any atom is -0.310 e. The Bertz CT molecular complexity index is 6670. The maximum Gasteiger partial charge on any atom is 0.252 e. The van der Waals surface area contributed by atoms with Crippen LogP contribution < -0.4 is 26.2 Å². The zero-order valence-electron chi connectivity index (χ0n) is 63.0. The van der Waals surface area contributed by atoms with Gasteiger partial charge in [0.1, 0.15) is 0 Å². The summed E-state index contributed by atoms with van der Waals surface area (Å²) in [5.74, 6) is 0. The molecule has 0 amide bonds. The van der Waals surface area contributed by atoms with Crippen LogP contribution in [-0.4, -0.2) is 15.8 Å². The molecule has 2 aromatic heterocycles. The number of fused-ring (bicyclic) bond motifs is 10. The molecule has 16 aromatic carbocycles. The van der Waals surface area contributed by atoms with Crippen molar-refractivity contribution < 1.29 is 0 Å². The second kappa shape index (κ2) is 26.3. The Morgan fingerprint density at radius 1 is 0.261 bits per heavy atom. The van der Waals surface area contributed by atoms with E-state index in [4.69, 9.17) is 0 Å². The van der Waals surface area contributed by atoms with Crippen LogP contribution in [0.1, 0.15) is 58.2 Å². The van der Waals surface area contributed by atoms with Crippen molar-refractivity contribution in [3.05, 3.63) is 381 Å². The minimum atomic E-state index is -0.327. The third-order valence-corrected chi connectivity index (χ3v) is 23.2. The normalized spacial score (nSPS) is 12.5. The number of nitrogens with zero attached hydrogens (tertiary/aromatic N) is 5. The molecule has 20 rings (SSSR count). The average Bonchev–Trinajstić information content (AvgIpc) is 1.63. The third-order valence-electron chi connectivity index (χ3n) is 23.2. The highest BCUT2D eigenvalue weighted by Crippen LogP contribution is 2.56. The summed E-state index contributed by atoms with van der Waals surface area (Å²) in [4.78, 5) is 5.36. The lowest BCUT2D eigenvalue weighted by Gasteiger charge is -2.46. The molecule has 0 unspecified atom stereocenters. The first-order valence-corrected chi connectivity index (χ1v) is 38.6.